The van der Waals surface area contributed by atoms with E-state index in [1.165, 1.54) is 12.1 Å². The number of hydrogen-bond donors (Lipinski definition) is 1. The monoisotopic (exact) mass is 437 g/mol. The molecule has 2 aromatic carbocycles. The zero-order valence-electron chi connectivity index (χ0n) is 10.1. The summed E-state index contributed by atoms with van der Waals surface area (Å²) in [7, 11) is 0. The normalized spacial score (nSPS) is 12.5. The summed E-state index contributed by atoms with van der Waals surface area (Å²) in [6.07, 6.45) is 0. The van der Waals surface area contributed by atoms with Crippen molar-refractivity contribution in [2.75, 3.05) is 0 Å². The van der Waals surface area contributed by atoms with Gasteiger partial charge in [-0.25, -0.2) is 8.78 Å². The first kappa shape index (κ1) is 14.9. The fourth-order valence-electron chi connectivity index (χ4n) is 1.89. The highest BCUT2D eigenvalue weighted by molar-refractivity contribution is 14.1. The lowest BCUT2D eigenvalue weighted by Gasteiger charge is -2.17. The number of hydrogen-bond acceptors (Lipinski definition) is 1. The molecule has 0 heterocycles. The van der Waals surface area contributed by atoms with Gasteiger partial charge in [0, 0.05) is 9.13 Å². The molecule has 0 aliphatic rings. The van der Waals surface area contributed by atoms with E-state index in [2.05, 4.69) is 38.5 Å². The summed E-state index contributed by atoms with van der Waals surface area (Å²) in [5.74, 6) is -1.28. The zero-order chi connectivity index (χ0) is 14.2. The van der Waals surface area contributed by atoms with Crippen LogP contribution in [0.25, 0.3) is 0 Å². The van der Waals surface area contributed by atoms with Gasteiger partial charge in [-0.05, 0) is 68.7 Å². The van der Waals surface area contributed by atoms with Gasteiger partial charge >= 0.3 is 0 Å². The van der Waals surface area contributed by atoms with Crippen molar-refractivity contribution in [3.05, 3.63) is 66.7 Å². The molecule has 100 valence electrons. The molecule has 0 spiro atoms. The molecule has 0 radical (unpaired) electrons. The summed E-state index contributed by atoms with van der Waals surface area (Å²) in [6.45, 7) is 1.94. The van der Waals surface area contributed by atoms with Gasteiger partial charge in [-0.2, -0.15) is 0 Å². The molecule has 2 rings (SSSR count). The molecule has 2 N–H and O–H groups in total. The van der Waals surface area contributed by atoms with Crippen LogP contribution in [0.2, 0.25) is 0 Å². The minimum Gasteiger partial charge on any atom is -0.320 e. The molecule has 1 nitrogen and oxygen atoms in total. The van der Waals surface area contributed by atoms with E-state index in [1.807, 2.05) is 19.1 Å². The van der Waals surface area contributed by atoms with E-state index < -0.39 is 17.7 Å². The Kier molecular flexibility index (Phi) is 4.58. The van der Waals surface area contributed by atoms with E-state index in [0.717, 1.165) is 14.7 Å². The molecular weight excluding hydrogens is 427 g/mol. The number of aryl methyl sites for hydroxylation is 1. The van der Waals surface area contributed by atoms with Crippen LogP contribution in [-0.2, 0) is 0 Å². The highest BCUT2D eigenvalue weighted by atomic mass is 127. The van der Waals surface area contributed by atoms with Crippen LogP contribution >= 0.6 is 38.5 Å². The van der Waals surface area contributed by atoms with Gasteiger partial charge in [0.1, 0.15) is 11.6 Å². The van der Waals surface area contributed by atoms with Gasteiger partial charge in [0.25, 0.3) is 0 Å². The molecule has 0 bridgehead atoms. The molecule has 1 unspecified atom stereocenters. The zero-order valence-corrected chi connectivity index (χ0v) is 13.8. The molecule has 0 amide bonds. The Morgan fingerprint density at radius 2 is 1.89 bits per heavy atom. The van der Waals surface area contributed by atoms with Gasteiger partial charge in [-0.3, -0.25) is 0 Å². The van der Waals surface area contributed by atoms with Gasteiger partial charge < -0.3 is 5.73 Å². The molecular formula is C14H11BrF2IN. The maximum atomic E-state index is 14.1. The molecule has 0 saturated carbocycles. The van der Waals surface area contributed by atoms with Gasteiger partial charge in [-0.15, -0.1) is 0 Å². The average molecular weight is 438 g/mol. The van der Waals surface area contributed by atoms with E-state index in [1.54, 1.807) is 6.07 Å². The second-order valence-corrected chi connectivity index (χ2v) is 6.15. The third-order valence-corrected chi connectivity index (χ3v) is 5.03. The first-order chi connectivity index (χ1) is 8.93. The van der Waals surface area contributed by atoms with Crippen molar-refractivity contribution in [1.29, 1.82) is 0 Å². The van der Waals surface area contributed by atoms with Gasteiger partial charge in [-0.1, -0.05) is 18.2 Å². The number of benzene rings is 2. The third kappa shape index (κ3) is 2.83. The van der Waals surface area contributed by atoms with Crippen LogP contribution in [0.1, 0.15) is 22.7 Å². The SMILES string of the molecule is Cc1cccc(C(N)c2c(F)ccc(Br)c2F)c1I. The second kappa shape index (κ2) is 5.85. The van der Waals surface area contributed by atoms with Crippen molar-refractivity contribution in [1.82, 2.24) is 0 Å². The van der Waals surface area contributed by atoms with E-state index in [9.17, 15) is 8.78 Å². The van der Waals surface area contributed by atoms with Gasteiger partial charge in [0.05, 0.1) is 10.5 Å². The van der Waals surface area contributed by atoms with Crippen molar-refractivity contribution in [2.45, 2.75) is 13.0 Å². The van der Waals surface area contributed by atoms with Crippen molar-refractivity contribution in [3.63, 3.8) is 0 Å². The summed E-state index contributed by atoms with van der Waals surface area (Å²) >= 11 is 5.20. The lowest BCUT2D eigenvalue weighted by atomic mass is 9.97. The van der Waals surface area contributed by atoms with Crippen LogP contribution in [-0.4, -0.2) is 0 Å². The molecule has 0 aliphatic heterocycles. The summed E-state index contributed by atoms with van der Waals surface area (Å²) in [5.41, 5.74) is 7.69. The first-order valence-corrected chi connectivity index (χ1v) is 7.44. The van der Waals surface area contributed by atoms with E-state index >= 15 is 0 Å². The molecule has 1 atom stereocenters. The molecule has 5 heteroatoms. The maximum Gasteiger partial charge on any atom is 0.145 e. The Morgan fingerprint density at radius 1 is 1.21 bits per heavy atom. The topological polar surface area (TPSA) is 26.0 Å². The number of nitrogens with two attached hydrogens (primary N) is 1. The molecule has 0 saturated heterocycles. The standard InChI is InChI=1S/C14H11BrF2IN/c1-7-3-2-4-8(13(7)18)14(19)11-10(16)6-5-9(15)12(11)17/h2-6,14H,19H2,1H3. The van der Waals surface area contributed by atoms with E-state index in [-0.39, 0.29) is 10.0 Å². The number of rotatable bonds is 2. The maximum absolute atomic E-state index is 14.1. The minimum absolute atomic E-state index is 0.113. The quantitative estimate of drug-likeness (QED) is 0.535. The predicted octanol–water partition coefficient (Wildman–Crippen LogP) is 4.69. The first-order valence-electron chi connectivity index (χ1n) is 5.57. The Hall–Kier alpha value is -0.530. The lowest BCUT2D eigenvalue weighted by Crippen LogP contribution is -2.17. The Balaban J connectivity index is 2.59. The van der Waals surface area contributed by atoms with Gasteiger partial charge in [0.2, 0.25) is 0 Å². The van der Waals surface area contributed by atoms with E-state index in [0.29, 0.717) is 0 Å². The third-order valence-electron chi connectivity index (χ3n) is 2.95. The Labute approximate surface area is 132 Å². The van der Waals surface area contributed by atoms with Crippen LogP contribution in [0.3, 0.4) is 0 Å². The number of halogens is 4. The lowest BCUT2D eigenvalue weighted by molar-refractivity contribution is 0.539. The summed E-state index contributed by atoms with van der Waals surface area (Å²) in [5, 5.41) is 0. The Bertz CT molecular complexity index is 631. The Morgan fingerprint density at radius 3 is 2.58 bits per heavy atom. The van der Waals surface area contributed by atoms with Crippen LogP contribution in [0.15, 0.2) is 34.8 Å². The molecule has 0 fully saturated rings. The van der Waals surface area contributed by atoms with Crippen LogP contribution in [0.5, 0.6) is 0 Å². The fraction of sp³-hybridized carbons (Fsp3) is 0.143. The minimum atomic E-state index is -0.829. The molecule has 0 aliphatic carbocycles. The van der Waals surface area contributed by atoms with Crippen molar-refractivity contribution in [2.24, 2.45) is 5.73 Å². The predicted molar refractivity (Wildman–Crippen MR) is 84.0 cm³/mol. The van der Waals surface area contributed by atoms with Crippen LogP contribution in [0, 0.1) is 22.1 Å². The second-order valence-electron chi connectivity index (χ2n) is 4.21. The van der Waals surface area contributed by atoms with Crippen LogP contribution < -0.4 is 5.73 Å². The summed E-state index contributed by atoms with van der Waals surface area (Å²) in [4.78, 5) is 0. The van der Waals surface area contributed by atoms with Crippen molar-refractivity contribution >= 4 is 38.5 Å². The summed E-state index contributed by atoms with van der Waals surface area (Å²) in [6, 6.07) is 7.28. The molecule has 2 aromatic rings. The molecule has 19 heavy (non-hydrogen) atoms. The molecule has 0 aromatic heterocycles. The largest absolute Gasteiger partial charge is 0.320 e. The smallest absolute Gasteiger partial charge is 0.145 e. The van der Waals surface area contributed by atoms with Crippen molar-refractivity contribution in [3.8, 4) is 0 Å². The van der Waals surface area contributed by atoms with Gasteiger partial charge in [0.15, 0.2) is 0 Å². The summed E-state index contributed by atoms with van der Waals surface area (Å²) < 4.78 is 29.0. The highest BCUT2D eigenvalue weighted by Crippen LogP contribution is 2.32. The fourth-order valence-corrected chi connectivity index (χ4v) is 2.93. The average Bonchev–Trinajstić information content (AvgIpc) is 2.37. The van der Waals surface area contributed by atoms with Crippen LogP contribution in [0.4, 0.5) is 8.78 Å². The van der Waals surface area contributed by atoms with Crippen molar-refractivity contribution < 1.29 is 8.78 Å². The van der Waals surface area contributed by atoms with E-state index in [4.69, 9.17) is 5.73 Å². The highest BCUT2D eigenvalue weighted by Gasteiger charge is 2.22.